The molecule has 1 fully saturated rings. The van der Waals surface area contributed by atoms with Gasteiger partial charge in [0.2, 0.25) is 10.0 Å². The van der Waals surface area contributed by atoms with Gasteiger partial charge in [0, 0.05) is 19.6 Å². The molecular formula is C14H18F3N3O4S. The van der Waals surface area contributed by atoms with Crippen molar-refractivity contribution in [2.75, 3.05) is 19.6 Å². The SMILES string of the molecule is CCNC(=O)NO[C@H]1CCN(S(=O)(=O)c2cccc(C(F)(F)F)c2)C1. The highest BCUT2D eigenvalue weighted by atomic mass is 32.2. The lowest BCUT2D eigenvalue weighted by atomic mass is 10.2. The molecule has 0 saturated carbocycles. The number of alkyl halides is 3. The van der Waals surface area contributed by atoms with E-state index in [9.17, 15) is 26.4 Å². The summed E-state index contributed by atoms with van der Waals surface area (Å²) in [4.78, 5) is 15.9. The first-order valence-electron chi connectivity index (χ1n) is 7.51. The van der Waals surface area contributed by atoms with E-state index in [0.717, 1.165) is 22.5 Å². The Hall–Kier alpha value is -1.85. The first-order valence-corrected chi connectivity index (χ1v) is 8.95. The van der Waals surface area contributed by atoms with Gasteiger partial charge in [-0.3, -0.25) is 4.84 Å². The van der Waals surface area contributed by atoms with E-state index >= 15 is 0 Å². The number of hydroxylamine groups is 1. The molecule has 11 heteroatoms. The number of carbonyl (C=O) groups is 1. The van der Waals surface area contributed by atoms with Crippen molar-refractivity contribution in [1.82, 2.24) is 15.1 Å². The Kier molecular flexibility index (Phi) is 5.91. The zero-order valence-electron chi connectivity index (χ0n) is 13.3. The number of nitrogens with zero attached hydrogens (tertiary/aromatic N) is 1. The van der Waals surface area contributed by atoms with E-state index in [4.69, 9.17) is 4.84 Å². The minimum Gasteiger partial charge on any atom is -0.337 e. The summed E-state index contributed by atoms with van der Waals surface area (Å²) in [7, 11) is -4.08. The normalized spacial score (nSPS) is 19.0. The fraction of sp³-hybridized carbons (Fsp3) is 0.500. The number of hydrogen-bond acceptors (Lipinski definition) is 4. The molecule has 25 heavy (non-hydrogen) atoms. The van der Waals surface area contributed by atoms with Crippen molar-refractivity contribution < 1.29 is 31.2 Å². The highest BCUT2D eigenvalue weighted by Crippen LogP contribution is 2.31. The first-order chi connectivity index (χ1) is 11.6. The molecule has 0 aliphatic carbocycles. The number of amides is 2. The molecular weight excluding hydrogens is 363 g/mol. The van der Waals surface area contributed by atoms with Gasteiger partial charge in [0.05, 0.1) is 10.5 Å². The number of urea groups is 1. The van der Waals surface area contributed by atoms with Crippen molar-refractivity contribution in [3.8, 4) is 0 Å². The van der Waals surface area contributed by atoms with Crippen molar-refractivity contribution >= 4 is 16.1 Å². The van der Waals surface area contributed by atoms with Crippen LogP contribution < -0.4 is 10.8 Å². The van der Waals surface area contributed by atoms with Gasteiger partial charge in [-0.2, -0.15) is 17.5 Å². The van der Waals surface area contributed by atoms with E-state index in [-0.39, 0.29) is 13.1 Å². The number of halogens is 3. The molecule has 0 spiro atoms. The topological polar surface area (TPSA) is 87.7 Å². The van der Waals surface area contributed by atoms with Gasteiger partial charge in [0.1, 0.15) is 6.10 Å². The molecule has 140 valence electrons. The van der Waals surface area contributed by atoms with Crippen LogP contribution in [0.15, 0.2) is 29.2 Å². The first kappa shape index (κ1) is 19.5. The highest BCUT2D eigenvalue weighted by Gasteiger charge is 2.36. The van der Waals surface area contributed by atoms with Crippen molar-refractivity contribution in [3.63, 3.8) is 0 Å². The smallest absolute Gasteiger partial charge is 0.337 e. The summed E-state index contributed by atoms with van der Waals surface area (Å²) in [6, 6.07) is 3.03. The van der Waals surface area contributed by atoms with E-state index in [2.05, 4.69) is 10.8 Å². The molecule has 1 aromatic carbocycles. The summed E-state index contributed by atoms with van der Waals surface area (Å²) in [6.45, 7) is 2.14. The molecule has 1 atom stereocenters. The zero-order valence-corrected chi connectivity index (χ0v) is 14.2. The Morgan fingerprint density at radius 3 is 2.76 bits per heavy atom. The average Bonchev–Trinajstić information content (AvgIpc) is 3.02. The van der Waals surface area contributed by atoms with Crippen LogP contribution in [0.2, 0.25) is 0 Å². The summed E-state index contributed by atoms with van der Waals surface area (Å²) in [5.41, 5.74) is 1.12. The standard InChI is InChI=1S/C14H18F3N3O4S/c1-2-18-13(21)19-24-11-6-7-20(9-11)25(22,23)12-5-3-4-10(8-12)14(15,16)17/h3-5,8,11H,2,6-7,9H2,1H3,(H2,18,19,21)/t11-/m0/s1. The Labute approximate surface area is 143 Å². The maximum atomic E-state index is 12.8. The predicted molar refractivity (Wildman–Crippen MR) is 81.9 cm³/mol. The molecule has 0 aromatic heterocycles. The largest absolute Gasteiger partial charge is 0.416 e. The van der Waals surface area contributed by atoms with Crippen LogP contribution in [0.1, 0.15) is 18.9 Å². The van der Waals surface area contributed by atoms with Crippen LogP contribution in [-0.2, 0) is 21.0 Å². The fourth-order valence-electron chi connectivity index (χ4n) is 2.33. The summed E-state index contributed by atoms with van der Waals surface area (Å²) in [5.74, 6) is 0. The van der Waals surface area contributed by atoms with E-state index in [1.165, 1.54) is 0 Å². The summed E-state index contributed by atoms with van der Waals surface area (Å²) in [5, 5.41) is 2.44. The molecule has 1 aromatic rings. The lowest BCUT2D eigenvalue weighted by Crippen LogP contribution is -2.39. The maximum absolute atomic E-state index is 12.8. The predicted octanol–water partition coefficient (Wildman–Crippen LogP) is 1.72. The molecule has 0 radical (unpaired) electrons. The highest BCUT2D eigenvalue weighted by molar-refractivity contribution is 7.89. The molecule has 7 nitrogen and oxygen atoms in total. The van der Waals surface area contributed by atoms with Crippen molar-refractivity contribution in [1.29, 1.82) is 0 Å². The Bertz CT molecular complexity index is 724. The molecule has 1 aliphatic heterocycles. The van der Waals surface area contributed by atoms with Crippen LogP contribution >= 0.6 is 0 Å². The van der Waals surface area contributed by atoms with Crippen molar-refractivity contribution in [2.24, 2.45) is 0 Å². The van der Waals surface area contributed by atoms with E-state index in [1.54, 1.807) is 6.92 Å². The van der Waals surface area contributed by atoms with Gasteiger partial charge < -0.3 is 5.32 Å². The molecule has 2 amide bonds. The number of hydrogen-bond donors (Lipinski definition) is 2. The fourth-order valence-corrected chi connectivity index (χ4v) is 3.86. The van der Waals surface area contributed by atoms with E-state index < -0.39 is 38.8 Å². The molecule has 1 aliphatic rings. The van der Waals surface area contributed by atoms with Crippen LogP contribution in [0.3, 0.4) is 0 Å². The van der Waals surface area contributed by atoms with Crippen LogP contribution in [0.25, 0.3) is 0 Å². The van der Waals surface area contributed by atoms with Gasteiger partial charge in [-0.15, -0.1) is 0 Å². The molecule has 2 rings (SSSR count). The third-order valence-electron chi connectivity index (χ3n) is 3.56. The number of carbonyl (C=O) groups excluding carboxylic acids is 1. The van der Waals surface area contributed by atoms with Gasteiger partial charge in [0.15, 0.2) is 0 Å². The molecule has 0 bridgehead atoms. The summed E-state index contributed by atoms with van der Waals surface area (Å²) in [6.07, 6.45) is -4.90. The van der Waals surface area contributed by atoms with Crippen LogP contribution in [0, 0.1) is 0 Å². The third-order valence-corrected chi connectivity index (χ3v) is 5.42. The van der Waals surface area contributed by atoms with Gasteiger partial charge >= 0.3 is 12.2 Å². The number of sulfonamides is 1. The second-order valence-corrected chi connectivity index (χ2v) is 7.32. The zero-order chi connectivity index (χ0) is 18.7. The van der Waals surface area contributed by atoms with Crippen molar-refractivity contribution in [3.05, 3.63) is 29.8 Å². The summed E-state index contributed by atoms with van der Waals surface area (Å²) >= 11 is 0. The number of rotatable bonds is 5. The minimum absolute atomic E-state index is 0.0645. The van der Waals surface area contributed by atoms with Crippen molar-refractivity contribution in [2.45, 2.75) is 30.5 Å². The van der Waals surface area contributed by atoms with Gasteiger partial charge in [-0.05, 0) is 31.5 Å². The monoisotopic (exact) mass is 381 g/mol. The summed E-state index contributed by atoms with van der Waals surface area (Å²) < 4.78 is 64.3. The molecule has 1 heterocycles. The van der Waals surface area contributed by atoms with E-state index in [1.807, 2.05) is 0 Å². The Morgan fingerprint density at radius 1 is 1.40 bits per heavy atom. The second-order valence-electron chi connectivity index (χ2n) is 5.38. The quantitative estimate of drug-likeness (QED) is 0.761. The van der Waals surface area contributed by atoms with Gasteiger partial charge in [-0.1, -0.05) is 6.07 Å². The molecule has 0 unspecified atom stereocenters. The van der Waals surface area contributed by atoms with Crippen LogP contribution in [0.5, 0.6) is 0 Å². The Morgan fingerprint density at radius 2 is 2.12 bits per heavy atom. The van der Waals surface area contributed by atoms with E-state index in [0.29, 0.717) is 19.0 Å². The molecule has 2 N–H and O–H groups in total. The minimum atomic E-state index is -4.63. The van der Waals surface area contributed by atoms with Gasteiger partial charge in [0.25, 0.3) is 0 Å². The maximum Gasteiger partial charge on any atom is 0.416 e. The Balaban J connectivity index is 2.05. The average molecular weight is 381 g/mol. The van der Waals surface area contributed by atoms with Crippen LogP contribution in [-0.4, -0.2) is 44.5 Å². The molecule has 1 saturated heterocycles. The van der Waals surface area contributed by atoms with Crippen LogP contribution in [0.4, 0.5) is 18.0 Å². The number of benzene rings is 1. The lowest BCUT2D eigenvalue weighted by molar-refractivity contribution is -0.137. The second kappa shape index (κ2) is 7.58. The lowest BCUT2D eigenvalue weighted by Gasteiger charge is -2.17. The third kappa shape index (κ3) is 4.83. The number of nitrogens with one attached hydrogen (secondary N) is 2. The van der Waals surface area contributed by atoms with Gasteiger partial charge in [-0.25, -0.2) is 18.7 Å².